The average Bonchev–Trinajstić information content (AvgIpc) is 2.17. The van der Waals surface area contributed by atoms with Gasteiger partial charge in [-0.05, 0) is 25.8 Å². The van der Waals surface area contributed by atoms with Gasteiger partial charge in [0.25, 0.3) is 0 Å². The van der Waals surface area contributed by atoms with Crippen molar-refractivity contribution in [3.63, 3.8) is 0 Å². The fraction of sp³-hybridized carbons (Fsp3) is 0.727. The van der Waals surface area contributed by atoms with Crippen molar-refractivity contribution in [1.82, 2.24) is 4.90 Å². The lowest BCUT2D eigenvalue weighted by atomic mass is 10.2. The molecule has 0 aromatic carbocycles. The molecule has 3 heteroatoms. The minimum absolute atomic E-state index is 0.0687. The van der Waals surface area contributed by atoms with E-state index in [0.717, 1.165) is 25.9 Å². The zero-order chi connectivity index (χ0) is 11.0. The van der Waals surface area contributed by atoms with Crippen molar-refractivity contribution >= 4 is 5.91 Å². The van der Waals surface area contributed by atoms with E-state index >= 15 is 0 Å². The standard InChI is InChI=1S/C11H22N2O/c1-4-8-13(9-5-2)11(14)10(3)6-7-12/h3-9,12H2,1-2H3. The Kier molecular flexibility index (Phi) is 7.11. The van der Waals surface area contributed by atoms with Gasteiger partial charge >= 0.3 is 0 Å². The van der Waals surface area contributed by atoms with Gasteiger partial charge in [-0.25, -0.2) is 0 Å². The second kappa shape index (κ2) is 7.56. The van der Waals surface area contributed by atoms with Crippen LogP contribution < -0.4 is 5.73 Å². The molecule has 0 aromatic heterocycles. The molecule has 3 nitrogen and oxygen atoms in total. The van der Waals surface area contributed by atoms with Crippen LogP contribution in [0, 0.1) is 0 Å². The van der Waals surface area contributed by atoms with Crippen molar-refractivity contribution in [1.29, 1.82) is 0 Å². The van der Waals surface area contributed by atoms with E-state index in [2.05, 4.69) is 20.4 Å². The Morgan fingerprint density at radius 1 is 1.29 bits per heavy atom. The SMILES string of the molecule is C=C(CCN)C(=O)N(CCC)CCC. The third-order valence-electron chi connectivity index (χ3n) is 2.02. The van der Waals surface area contributed by atoms with Gasteiger partial charge in [-0.1, -0.05) is 20.4 Å². The summed E-state index contributed by atoms with van der Waals surface area (Å²) >= 11 is 0. The molecule has 14 heavy (non-hydrogen) atoms. The maximum Gasteiger partial charge on any atom is 0.249 e. The predicted octanol–water partition coefficient (Wildman–Crippen LogP) is 1.54. The Bertz CT molecular complexity index is 184. The smallest absolute Gasteiger partial charge is 0.249 e. The lowest BCUT2D eigenvalue weighted by Gasteiger charge is -2.22. The van der Waals surface area contributed by atoms with E-state index in [1.807, 2.05) is 4.90 Å². The summed E-state index contributed by atoms with van der Waals surface area (Å²) in [5, 5.41) is 0. The summed E-state index contributed by atoms with van der Waals surface area (Å²) in [5.41, 5.74) is 6.02. The van der Waals surface area contributed by atoms with Crippen LogP contribution >= 0.6 is 0 Å². The van der Waals surface area contributed by atoms with Crippen LogP contribution in [0.1, 0.15) is 33.1 Å². The van der Waals surface area contributed by atoms with E-state index in [0.29, 0.717) is 18.5 Å². The first-order valence-corrected chi connectivity index (χ1v) is 5.34. The first kappa shape index (κ1) is 13.2. The number of carbonyl (C=O) groups excluding carboxylic acids is 1. The maximum atomic E-state index is 11.8. The second-order valence-electron chi connectivity index (χ2n) is 3.43. The monoisotopic (exact) mass is 198 g/mol. The van der Waals surface area contributed by atoms with Gasteiger partial charge in [0, 0.05) is 18.7 Å². The van der Waals surface area contributed by atoms with Gasteiger partial charge in [0.15, 0.2) is 0 Å². The summed E-state index contributed by atoms with van der Waals surface area (Å²) in [7, 11) is 0. The summed E-state index contributed by atoms with van der Waals surface area (Å²) in [6.45, 7) is 10.0. The normalized spacial score (nSPS) is 9.93. The molecule has 0 aromatic rings. The highest BCUT2D eigenvalue weighted by molar-refractivity contribution is 5.92. The zero-order valence-electron chi connectivity index (χ0n) is 9.38. The average molecular weight is 198 g/mol. The lowest BCUT2D eigenvalue weighted by Crippen LogP contribution is -2.33. The Hall–Kier alpha value is -0.830. The van der Waals surface area contributed by atoms with Crippen molar-refractivity contribution in [3.05, 3.63) is 12.2 Å². The summed E-state index contributed by atoms with van der Waals surface area (Å²) < 4.78 is 0. The van der Waals surface area contributed by atoms with Crippen LogP contribution in [0.15, 0.2) is 12.2 Å². The molecule has 0 unspecified atom stereocenters. The minimum Gasteiger partial charge on any atom is -0.339 e. The summed E-state index contributed by atoms with van der Waals surface area (Å²) in [6, 6.07) is 0. The van der Waals surface area contributed by atoms with Crippen LogP contribution in [-0.4, -0.2) is 30.4 Å². The van der Waals surface area contributed by atoms with Gasteiger partial charge in [-0.15, -0.1) is 0 Å². The van der Waals surface area contributed by atoms with E-state index in [-0.39, 0.29) is 5.91 Å². The van der Waals surface area contributed by atoms with Crippen LogP contribution in [0.3, 0.4) is 0 Å². The molecule has 0 atom stereocenters. The van der Waals surface area contributed by atoms with Gasteiger partial charge in [0.2, 0.25) is 5.91 Å². The van der Waals surface area contributed by atoms with Gasteiger partial charge in [0.1, 0.15) is 0 Å². The van der Waals surface area contributed by atoms with Gasteiger partial charge < -0.3 is 10.6 Å². The summed E-state index contributed by atoms with van der Waals surface area (Å²) in [6.07, 6.45) is 2.58. The molecule has 0 saturated heterocycles. The van der Waals surface area contributed by atoms with Crippen LogP contribution in [0.2, 0.25) is 0 Å². The van der Waals surface area contributed by atoms with Gasteiger partial charge in [-0.2, -0.15) is 0 Å². The molecule has 0 saturated carbocycles. The van der Waals surface area contributed by atoms with Crippen molar-refractivity contribution < 1.29 is 4.79 Å². The fourth-order valence-electron chi connectivity index (χ4n) is 1.36. The molecule has 0 spiro atoms. The van der Waals surface area contributed by atoms with E-state index < -0.39 is 0 Å². The maximum absolute atomic E-state index is 11.8. The highest BCUT2D eigenvalue weighted by Gasteiger charge is 2.13. The largest absolute Gasteiger partial charge is 0.339 e. The molecule has 0 fully saturated rings. The molecular formula is C11H22N2O. The molecule has 2 N–H and O–H groups in total. The van der Waals surface area contributed by atoms with Crippen LogP contribution in [-0.2, 0) is 4.79 Å². The number of hydrogen-bond acceptors (Lipinski definition) is 2. The van der Waals surface area contributed by atoms with Crippen LogP contribution in [0.25, 0.3) is 0 Å². The predicted molar refractivity (Wildman–Crippen MR) is 60.0 cm³/mol. The van der Waals surface area contributed by atoms with Crippen molar-refractivity contribution in [3.8, 4) is 0 Å². The highest BCUT2D eigenvalue weighted by atomic mass is 16.2. The number of hydrogen-bond donors (Lipinski definition) is 1. The Labute approximate surface area is 87.0 Å². The molecular weight excluding hydrogens is 176 g/mol. The van der Waals surface area contributed by atoms with E-state index in [1.54, 1.807) is 0 Å². The molecule has 0 aliphatic carbocycles. The number of carbonyl (C=O) groups is 1. The molecule has 0 rings (SSSR count). The molecule has 82 valence electrons. The summed E-state index contributed by atoms with van der Waals surface area (Å²) in [5.74, 6) is 0.0687. The fourth-order valence-corrected chi connectivity index (χ4v) is 1.36. The van der Waals surface area contributed by atoms with Gasteiger partial charge in [0.05, 0.1) is 0 Å². The quantitative estimate of drug-likeness (QED) is 0.631. The molecule has 0 bridgehead atoms. The highest BCUT2D eigenvalue weighted by Crippen LogP contribution is 2.05. The van der Waals surface area contributed by atoms with E-state index in [9.17, 15) is 4.79 Å². The third kappa shape index (κ3) is 4.42. The topological polar surface area (TPSA) is 46.3 Å². The lowest BCUT2D eigenvalue weighted by molar-refractivity contribution is -0.127. The molecule has 0 aliphatic heterocycles. The van der Waals surface area contributed by atoms with Crippen molar-refractivity contribution in [2.75, 3.05) is 19.6 Å². The minimum atomic E-state index is 0.0687. The van der Waals surface area contributed by atoms with Crippen molar-refractivity contribution in [2.45, 2.75) is 33.1 Å². The first-order valence-electron chi connectivity index (χ1n) is 5.34. The zero-order valence-corrected chi connectivity index (χ0v) is 9.38. The Morgan fingerprint density at radius 2 is 1.79 bits per heavy atom. The van der Waals surface area contributed by atoms with Crippen LogP contribution in [0.5, 0.6) is 0 Å². The first-order chi connectivity index (χ1) is 6.67. The molecule has 0 aliphatic rings. The van der Waals surface area contributed by atoms with Crippen molar-refractivity contribution in [2.24, 2.45) is 5.73 Å². The third-order valence-corrected chi connectivity index (χ3v) is 2.02. The van der Waals surface area contributed by atoms with E-state index in [1.165, 1.54) is 0 Å². The second-order valence-corrected chi connectivity index (χ2v) is 3.43. The Balaban J connectivity index is 4.19. The van der Waals surface area contributed by atoms with Gasteiger partial charge in [-0.3, -0.25) is 4.79 Å². The number of rotatable bonds is 7. The molecule has 1 amide bonds. The number of nitrogens with zero attached hydrogens (tertiary/aromatic N) is 1. The Morgan fingerprint density at radius 3 is 2.14 bits per heavy atom. The van der Waals surface area contributed by atoms with E-state index in [4.69, 9.17) is 5.73 Å². The number of amides is 1. The number of nitrogens with two attached hydrogens (primary N) is 1. The molecule has 0 heterocycles. The molecule has 0 radical (unpaired) electrons. The van der Waals surface area contributed by atoms with Crippen LogP contribution in [0.4, 0.5) is 0 Å². The summed E-state index contributed by atoms with van der Waals surface area (Å²) in [4.78, 5) is 13.6.